The van der Waals surface area contributed by atoms with Crippen LogP contribution in [0.15, 0.2) is 15.5 Å². The van der Waals surface area contributed by atoms with E-state index in [-0.39, 0.29) is 12.4 Å². The number of aliphatic hydroxyl groups is 1. The molecule has 0 aliphatic rings. The Balaban J connectivity index is 1.89. The second-order valence-corrected chi connectivity index (χ2v) is 9.91. The van der Waals surface area contributed by atoms with Crippen molar-refractivity contribution < 1.29 is 19.8 Å². The second kappa shape index (κ2) is 14.1. The zero-order chi connectivity index (χ0) is 24.2. The van der Waals surface area contributed by atoms with Gasteiger partial charge in [0.05, 0.1) is 24.6 Å². The summed E-state index contributed by atoms with van der Waals surface area (Å²) in [5.41, 5.74) is 6.01. The van der Waals surface area contributed by atoms with Gasteiger partial charge in [-0.1, -0.05) is 11.8 Å². The molecule has 2 atom stereocenters. The fraction of sp³-hybridized carbons (Fsp3) is 0.588. The van der Waals surface area contributed by atoms with E-state index < -0.39 is 23.3 Å². The van der Waals surface area contributed by atoms with Crippen LogP contribution in [0.5, 0.6) is 0 Å². The zero-order valence-electron chi connectivity index (χ0n) is 18.2. The number of rotatable bonds is 15. The Kier molecular flexibility index (Phi) is 11.5. The summed E-state index contributed by atoms with van der Waals surface area (Å²) in [6, 6.07) is -1.31. The number of carboxylic acid groups (broad SMARTS) is 1. The topological polar surface area (TPSA) is 185 Å². The Morgan fingerprint density at radius 1 is 1.45 bits per heavy atom. The molecule has 2 rings (SSSR count). The molecule has 13 nitrogen and oxygen atoms in total. The van der Waals surface area contributed by atoms with Crippen LogP contribution in [0.25, 0.3) is 0 Å². The van der Waals surface area contributed by atoms with Crippen LogP contribution >= 0.6 is 34.9 Å². The van der Waals surface area contributed by atoms with Gasteiger partial charge in [-0.25, -0.2) is 14.5 Å². The third-order valence-electron chi connectivity index (χ3n) is 4.01. The summed E-state index contributed by atoms with van der Waals surface area (Å²) in [6.45, 7) is 1.47. The van der Waals surface area contributed by atoms with E-state index in [1.165, 1.54) is 23.1 Å². The Morgan fingerprint density at radius 3 is 2.88 bits per heavy atom. The lowest BCUT2D eigenvalue weighted by Crippen LogP contribution is -2.47. The lowest BCUT2D eigenvalue weighted by atomic mass is 10.2. The monoisotopic (exact) mass is 517 g/mol. The van der Waals surface area contributed by atoms with Gasteiger partial charge in [0, 0.05) is 23.9 Å². The van der Waals surface area contributed by atoms with Crippen LogP contribution < -0.4 is 11.1 Å². The Labute approximate surface area is 203 Å². The van der Waals surface area contributed by atoms with Gasteiger partial charge < -0.3 is 26.2 Å². The first kappa shape index (κ1) is 27.0. The molecule has 0 saturated carbocycles. The number of aliphatic imine (C=N–C) groups is 1. The summed E-state index contributed by atoms with van der Waals surface area (Å²) in [5.74, 6) is -1.50. The van der Waals surface area contributed by atoms with Crippen LogP contribution in [0.4, 0.5) is 5.13 Å². The highest BCUT2D eigenvalue weighted by Crippen LogP contribution is 2.18. The lowest BCUT2D eigenvalue weighted by Gasteiger charge is -2.20. The summed E-state index contributed by atoms with van der Waals surface area (Å²) in [7, 11) is 3.94. The number of aromatic nitrogens is 5. The van der Waals surface area contributed by atoms with E-state index >= 15 is 0 Å². The molecule has 182 valence electrons. The van der Waals surface area contributed by atoms with Gasteiger partial charge in [0.1, 0.15) is 5.37 Å². The number of nitrogens with two attached hydrogens (primary N) is 1. The van der Waals surface area contributed by atoms with Crippen LogP contribution in [0.1, 0.15) is 12.1 Å². The molecule has 33 heavy (non-hydrogen) atoms. The summed E-state index contributed by atoms with van der Waals surface area (Å²) in [5, 5.41) is 34.8. The van der Waals surface area contributed by atoms with Crippen molar-refractivity contribution in [3.63, 3.8) is 0 Å². The third kappa shape index (κ3) is 9.63. The molecule has 0 saturated heterocycles. The van der Waals surface area contributed by atoms with Crippen LogP contribution in [-0.2, 0) is 22.6 Å². The molecule has 0 unspecified atom stereocenters. The van der Waals surface area contributed by atoms with Crippen molar-refractivity contribution in [1.82, 2.24) is 35.4 Å². The van der Waals surface area contributed by atoms with Gasteiger partial charge in [-0.2, -0.15) is 0 Å². The van der Waals surface area contributed by atoms with E-state index in [0.717, 1.165) is 18.3 Å². The van der Waals surface area contributed by atoms with Crippen LogP contribution in [0.3, 0.4) is 0 Å². The number of hydrogen-bond acceptors (Lipinski definition) is 13. The van der Waals surface area contributed by atoms with Crippen molar-refractivity contribution in [2.75, 3.05) is 38.1 Å². The van der Waals surface area contributed by atoms with Crippen molar-refractivity contribution in [2.24, 2.45) is 4.99 Å². The summed E-state index contributed by atoms with van der Waals surface area (Å²) < 4.78 is 1.72. The molecule has 0 radical (unpaired) electrons. The molecule has 2 heterocycles. The number of nitrogens with one attached hydrogen (secondary N) is 1. The van der Waals surface area contributed by atoms with Gasteiger partial charge in [-0.05, 0) is 30.9 Å². The van der Waals surface area contributed by atoms with E-state index in [9.17, 15) is 19.8 Å². The van der Waals surface area contributed by atoms with E-state index in [4.69, 9.17) is 5.73 Å². The van der Waals surface area contributed by atoms with Crippen LogP contribution in [0, 0.1) is 0 Å². The van der Waals surface area contributed by atoms with E-state index in [1.54, 1.807) is 16.3 Å². The second-order valence-electron chi connectivity index (χ2n) is 6.88. The number of nitrogens with zero attached hydrogens (tertiary/aromatic N) is 7. The number of hydrogen-bond donors (Lipinski definition) is 4. The summed E-state index contributed by atoms with van der Waals surface area (Å²) in [6.07, 6.45) is 2.00. The first-order valence-electron chi connectivity index (χ1n) is 9.80. The third-order valence-corrected chi connectivity index (χ3v) is 6.61. The predicted molar refractivity (Wildman–Crippen MR) is 128 cm³/mol. The van der Waals surface area contributed by atoms with E-state index in [1.807, 2.05) is 19.0 Å². The minimum absolute atomic E-state index is 0.100. The minimum atomic E-state index is -1.31. The molecule has 0 aromatic carbocycles. The van der Waals surface area contributed by atoms with Gasteiger partial charge in [-0.15, -0.1) is 28.2 Å². The molecule has 0 bridgehead atoms. The molecular weight excluding hydrogens is 490 g/mol. The Bertz CT molecular complexity index is 921. The van der Waals surface area contributed by atoms with Gasteiger partial charge in [0.15, 0.2) is 11.2 Å². The van der Waals surface area contributed by atoms with Gasteiger partial charge in [0.25, 0.3) is 0 Å². The van der Waals surface area contributed by atoms with E-state index in [0.29, 0.717) is 34.7 Å². The number of anilines is 1. The number of carbonyl (C=O) groups is 2. The molecule has 16 heteroatoms. The number of carboxylic acids is 1. The highest BCUT2D eigenvalue weighted by Gasteiger charge is 2.29. The molecule has 5 N–H and O–H groups in total. The average Bonchev–Trinajstić information content (AvgIpc) is 3.37. The maximum Gasteiger partial charge on any atom is 0.329 e. The van der Waals surface area contributed by atoms with Crippen molar-refractivity contribution >= 4 is 58.1 Å². The van der Waals surface area contributed by atoms with Crippen LogP contribution in [-0.4, -0.2) is 102 Å². The lowest BCUT2D eigenvalue weighted by molar-refractivity contribution is -0.141. The maximum atomic E-state index is 12.3. The minimum Gasteiger partial charge on any atom is -0.480 e. The summed E-state index contributed by atoms with van der Waals surface area (Å²) >= 11 is 3.57. The molecule has 0 spiro atoms. The number of amides is 1. The highest BCUT2D eigenvalue weighted by molar-refractivity contribution is 7.99. The Hall–Kier alpha value is -2.27. The first-order chi connectivity index (χ1) is 15.8. The first-order valence-corrected chi connectivity index (χ1v) is 12.7. The number of nitrogen functional groups attached to an aromatic ring is 1. The summed E-state index contributed by atoms with van der Waals surface area (Å²) in [4.78, 5) is 34.3. The fourth-order valence-electron chi connectivity index (χ4n) is 2.47. The van der Waals surface area contributed by atoms with E-state index in [2.05, 4.69) is 30.8 Å². The number of aliphatic hydroxyl groups excluding tert-OH is 1. The van der Waals surface area contributed by atoms with Crippen molar-refractivity contribution in [1.29, 1.82) is 0 Å². The molecule has 0 fully saturated rings. The number of thiazole rings is 1. The normalized spacial score (nSPS) is 13.5. The molecular formula is C17H27N9O4S3. The molecule has 0 aliphatic carbocycles. The predicted octanol–water partition coefficient (Wildman–Crippen LogP) is -0.352. The number of likely N-dealkylation sites (N-methyl/N-ethyl adjacent to an activating group) is 1. The number of carbonyl (C=O) groups excluding carboxylic acids is 1. The molecule has 2 aromatic heterocycles. The van der Waals surface area contributed by atoms with Crippen molar-refractivity contribution in [2.45, 2.75) is 36.0 Å². The van der Waals surface area contributed by atoms with Gasteiger partial charge >= 0.3 is 5.97 Å². The van der Waals surface area contributed by atoms with Crippen molar-refractivity contribution in [3.8, 4) is 0 Å². The number of thioether (sulfide) groups is 2. The highest BCUT2D eigenvalue weighted by atomic mass is 32.2. The maximum absolute atomic E-state index is 12.3. The SMILES string of the molecule is CN(C)CCn1nnnc1SCCC=N[C@H](SCO)[C@@H](NC(=O)Cc1csc(N)n1)C(=O)O. The van der Waals surface area contributed by atoms with Gasteiger partial charge in [0.2, 0.25) is 11.1 Å². The number of tetrazole rings is 1. The quantitative estimate of drug-likeness (QED) is 0.104. The van der Waals surface area contributed by atoms with Gasteiger partial charge in [-0.3, -0.25) is 9.79 Å². The van der Waals surface area contributed by atoms with Crippen molar-refractivity contribution in [3.05, 3.63) is 11.1 Å². The smallest absolute Gasteiger partial charge is 0.329 e. The number of aliphatic carboxylic acids is 1. The largest absolute Gasteiger partial charge is 0.480 e. The van der Waals surface area contributed by atoms with Crippen LogP contribution in [0.2, 0.25) is 0 Å². The zero-order valence-corrected chi connectivity index (χ0v) is 20.6. The molecule has 2 aromatic rings. The molecule has 1 amide bonds. The molecule has 0 aliphatic heterocycles. The standard InChI is InChI=1S/C17H27N9O4S3/c1-25(2)5-6-26-17(22-23-24-26)31-7-3-4-19-14(33-10-27)13(15(29)30)21-12(28)8-11-9-32-16(18)20-11/h4,9,13-14,27H,3,5-8,10H2,1-2H3,(H2,18,20)(H,21,28)(H,29,30)/t13-,14-/m1/s1. The Morgan fingerprint density at radius 2 is 2.24 bits per heavy atom. The fourth-order valence-corrected chi connectivity index (χ4v) is 4.51. The average molecular weight is 518 g/mol.